The predicted molar refractivity (Wildman–Crippen MR) is 85.0 cm³/mol. The molecular weight excluding hydrogens is 311 g/mol. The first-order valence-corrected chi connectivity index (χ1v) is 7.68. The normalized spacial score (nSPS) is 19.5. The van der Waals surface area contributed by atoms with Gasteiger partial charge in [0.2, 0.25) is 0 Å². The lowest BCUT2D eigenvalue weighted by Gasteiger charge is -2.35. The summed E-state index contributed by atoms with van der Waals surface area (Å²) in [4.78, 5) is 13.9. The Morgan fingerprint density at radius 1 is 1.38 bits per heavy atom. The summed E-state index contributed by atoms with van der Waals surface area (Å²) >= 11 is 12.2. The van der Waals surface area contributed by atoms with Crippen LogP contribution in [-0.2, 0) is 4.74 Å². The Kier molecular flexibility index (Phi) is 5.02. The van der Waals surface area contributed by atoms with Crippen molar-refractivity contribution in [3.05, 3.63) is 33.8 Å². The Labute approximate surface area is 135 Å². The maximum absolute atomic E-state index is 12.2. The highest BCUT2D eigenvalue weighted by Gasteiger charge is 2.28. The molecule has 0 aliphatic carbocycles. The largest absolute Gasteiger partial charge is 0.444 e. The zero-order valence-electron chi connectivity index (χ0n) is 12.5. The first kappa shape index (κ1) is 16.4. The van der Waals surface area contributed by atoms with E-state index in [1.165, 1.54) is 0 Å². The van der Waals surface area contributed by atoms with Crippen LogP contribution in [0.25, 0.3) is 0 Å². The van der Waals surface area contributed by atoms with Gasteiger partial charge >= 0.3 is 6.09 Å². The standard InChI is InChI=1S/C15H20Cl2N2O2/c1-15(2,3)21-14(20)19-7-6-18-13(9-19)11-5-4-10(16)8-12(11)17/h4-5,8,13,18H,6-7,9H2,1-3H3/t13-/m0/s1. The number of carbonyl (C=O) groups is 1. The lowest BCUT2D eigenvalue weighted by molar-refractivity contribution is 0.0195. The van der Waals surface area contributed by atoms with Crippen molar-refractivity contribution in [2.45, 2.75) is 32.4 Å². The SMILES string of the molecule is CC(C)(C)OC(=O)N1CCN[C@H](c2ccc(Cl)cc2Cl)C1. The molecule has 21 heavy (non-hydrogen) atoms. The van der Waals surface area contributed by atoms with Crippen molar-refractivity contribution in [1.82, 2.24) is 10.2 Å². The van der Waals surface area contributed by atoms with Gasteiger partial charge in [-0.15, -0.1) is 0 Å². The molecule has 1 N–H and O–H groups in total. The van der Waals surface area contributed by atoms with Crippen LogP contribution >= 0.6 is 23.2 Å². The summed E-state index contributed by atoms with van der Waals surface area (Å²) in [7, 11) is 0. The number of nitrogens with zero attached hydrogens (tertiary/aromatic N) is 1. The maximum atomic E-state index is 12.2. The molecule has 1 aliphatic heterocycles. The van der Waals surface area contributed by atoms with E-state index in [1.54, 1.807) is 17.0 Å². The topological polar surface area (TPSA) is 41.6 Å². The van der Waals surface area contributed by atoms with Crippen molar-refractivity contribution in [2.24, 2.45) is 0 Å². The second-order valence-electron chi connectivity index (χ2n) is 6.10. The number of amides is 1. The highest BCUT2D eigenvalue weighted by Crippen LogP contribution is 2.28. The van der Waals surface area contributed by atoms with E-state index in [1.807, 2.05) is 26.8 Å². The number of hydrogen-bond acceptors (Lipinski definition) is 3. The number of nitrogens with one attached hydrogen (secondary N) is 1. The van der Waals surface area contributed by atoms with Crippen molar-refractivity contribution in [2.75, 3.05) is 19.6 Å². The molecule has 1 fully saturated rings. The van der Waals surface area contributed by atoms with E-state index in [9.17, 15) is 4.79 Å². The highest BCUT2D eigenvalue weighted by atomic mass is 35.5. The minimum absolute atomic E-state index is 0.0176. The molecular formula is C15H20Cl2N2O2. The van der Waals surface area contributed by atoms with Gasteiger partial charge in [0.05, 0.1) is 6.04 Å². The molecule has 1 atom stereocenters. The molecule has 1 aliphatic rings. The van der Waals surface area contributed by atoms with Gasteiger partial charge in [0.25, 0.3) is 0 Å². The molecule has 0 bridgehead atoms. The Morgan fingerprint density at radius 3 is 2.71 bits per heavy atom. The van der Waals surface area contributed by atoms with Crippen LogP contribution in [0.4, 0.5) is 4.79 Å². The zero-order chi connectivity index (χ0) is 15.6. The fourth-order valence-corrected chi connectivity index (χ4v) is 2.77. The van der Waals surface area contributed by atoms with Crippen LogP contribution in [0.5, 0.6) is 0 Å². The molecule has 1 aromatic carbocycles. The quantitative estimate of drug-likeness (QED) is 0.849. The first-order valence-electron chi connectivity index (χ1n) is 6.92. The van der Waals surface area contributed by atoms with Crippen molar-refractivity contribution >= 4 is 29.3 Å². The molecule has 4 nitrogen and oxygen atoms in total. The summed E-state index contributed by atoms with van der Waals surface area (Å²) in [5.74, 6) is 0. The van der Waals surface area contributed by atoms with Gasteiger partial charge in [-0.25, -0.2) is 4.79 Å². The van der Waals surface area contributed by atoms with E-state index in [4.69, 9.17) is 27.9 Å². The van der Waals surface area contributed by atoms with Crippen LogP contribution in [0.3, 0.4) is 0 Å². The van der Waals surface area contributed by atoms with E-state index >= 15 is 0 Å². The van der Waals surface area contributed by atoms with E-state index in [0.717, 1.165) is 5.56 Å². The molecule has 1 heterocycles. The zero-order valence-corrected chi connectivity index (χ0v) is 14.0. The smallest absolute Gasteiger partial charge is 0.410 e. The summed E-state index contributed by atoms with van der Waals surface area (Å²) in [6.45, 7) is 7.43. The van der Waals surface area contributed by atoms with Crippen LogP contribution in [0.2, 0.25) is 10.0 Å². The van der Waals surface area contributed by atoms with E-state index in [0.29, 0.717) is 29.7 Å². The summed E-state index contributed by atoms with van der Waals surface area (Å²) in [5.41, 5.74) is 0.448. The average molecular weight is 331 g/mol. The van der Waals surface area contributed by atoms with Crippen LogP contribution in [0.15, 0.2) is 18.2 Å². The molecule has 0 aromatic heterocycles. The molecule has 1 amide bonds. The maximum Gasteiger partial charge on any atom is 0.410 e. The van der Waals surface area contributed by atoms with Crippen LogP contribution in [0.1, 0.15) is 32.4 Å². The van der Waals surface area contributed by atoms with Gasteiger partial charge < -0.3 is 15.0 Å². The van der Waals surface area contributed by atoms with Crippen molar-refractivity contribution in [1.29, 1.82) is 0 Å². The number of benzene rings is 1. The van der Waals surface area contributed by atoms with E-state index < -0.39 is 5.60 Å². The summed E-state index contributed by atoms with van der Waals surface area (Å²) in [6, 6.07) is 5.39. The second kappa shape index (κ2) is 6.42. The fourth-order valence-electron chi connectivity index (χ4n) is 2.23. The third-order valence-electron chi connectivity index (χ3n) is 3.17. The van der Waals surface area contributed by atoms with Gasteiger partial charge in [-0.05, 0) is 38.5 Å². The fraction of sp³-hybridized carbons (Fsp3) is 0.533. The minimum Gasteiger partial charge on any atom is -0.444 e. The minimum atomic E-state index is -0.491. The average Bonchev–Trinajstić information content (AvgIpc) is 2.37. The Balaban J connectivity index is 2.08. The number of piperazine rings is 1. The third kappa shape index (κ3) is 4.50. The molecule has 2 rings (SSSR count). The van der Waals surface area contributed by atoms with Crippen molar-refractivity contribution in [3.63, 3.8) is 0 Å². The number of carbonyl (C=O) groups excluding carboxylic acids is 1. The molecule has 6 heteroatoms. The third-order valence-corrected chi connectivity index (χ3v) is 3.73. The number of halogens is 2. The first-order chi connectivity index (χ1) is 9.76. The summed E-state index contributed by atoms with van der Waals surface area (Å²) in [5, 5.41) is 4.57. The summed E-state index contributed by atoms with van der Waals surface area (Å²) in [6.07, 6.45) is -0.293. The molecule has 0 unspecified atom stereocenters. The number of hydrogen-bond donors (Lipinski definition) is 1. The molecule has 0 saturated carbocycles. The van der Waals surface area contributed by atoms with Crippen LogP contribution in [-0.4, -0.2) is 36.2 Å². The lowest BCUT2D eigenvalue weighted by Crippen LogP contribution is -2.49. The van der Waals surface area contributed by atoms with Crippen molar-refractivity contribution in [3.8, 4) is 0 Å². The van der Waals surface area contributed by atoms with E-state index in [2.05, 4.69) is 5.32 Å². The highest BCUT2D eigenvalue weighted by molar-refractivity contribution is 6.35. The Hall–Kier alpha value is -0.970. The molecule has 0 radical (unpaired) electrons. The molecule has 1 saturated heterocycles. The number of rotatable bonds is 1. The molecule has 1 aromatic rings. The molecule has 116 valence electrons. The van der Waals surface area contributed by atoms with Crippen molar-refractivity contribution < 1.29 is 9.53 Å². The van der Waals surface area contributed by atoms with Gasteiger partial charge in [-0.2, -0.15) is 0 Å². The van der Waals surface area contributed by atoms with Gasteiger partial charge in [0.15, 0.2) is 0 Å². The van der Waals surface area contributed by atoms with Gasteiger partial charge in [0, 0.05) is 29.7 Å². The second-order valence-corrected chi connectivity index (χ2v) is 6.94. The van der Waals surface area contributed by atoms with Gasteiger partial charge in [-0.3, -0.25) is 0 Å². The van der Waals surface area contributed by atoms with Gasteiger partial charge in [-0.1, -0.05) is 29.3 Å². The van der Waals surface area contributed by atoms with Crippen LogP contribution < -0.4 is 5.32 Å². The summed E-state index contributed by atoms with van der Waals surface area (Å²) < 4.78 is 5.42. The predicted octanol–water partition coefficient (Wildman–Crippen LogP) is 3.87. The Bertz CT molecular complexity index is 529. The van der Waals surface area contributed by atoms with Crippen LogP contribution in [0, 0.1) is 0 Å². The van der Waals surface area contributed by atoms with E-state index in [-0.39, 0.29) is 12.1 Å². The molecule has 0 spiro atoms. The Morgan fingerprint density at radius 2 is 2.10 bits per heavy atom. The number of ether oxygens (including phenoxy) is 1. The monoisotopic (exact) mass is 330 g/mol. The lowest BCUT2D eigenvalue weighted by atomic mass is 10.0. The van der Waals surface area contributed by atoms with Gasteiger partial charge in [0.1, 0.15) is 5.60 Å².